The molecule has 1 nitrogen and oxygen atoms in total. The summed E-state index contributed by atoms with van der Waals surface area (Å²) >= 11 is 0. The van der Waals surface area contributed by atoms with E-state index in [0.29, 0.717) is 11.8 Å². The van der Waals surface area contributed by atoms with E-state index in [-0.39, 0.29) is 0 Å². The van der Waals surface area contributed by atoms with E-state index in [4.69, 9.17) is 0 Å². The Morgan fingerprint density at radius 1 is 0.778 bits per heavy atom. The third kappa shape index (κ3) is 2.79. The Bertz CT molecular complexity index is 486. The molecule has 0 fully saturated rings. The van der Waals surface area contributed by atoms with Crippen LogP contribution in [0.1, 0.15) is 50.7 Å². The maximum Gasteiger partial charge on any atom is 0.210 e. The van der Waals surface area contributed by atoms with Gasteiger partial charge in [-0.3, -0.25) is 0 Å². The molecule has 0 saturated carbocycles. The first-order valence-electron chi connectivity index (χ1n) is 6.69. The Labute approximate surface area is 110 Å². The fourth-order valence-electron chi connectivity index (χ4n) is 2.01. The molecule has 0 radical (unpaired) electrons. The maximum absolute atomic E-state index is 2.33. The van der Waals surface area contributed by atoms with Gasteiger partial charge in [0.15, 0.2) is 12.4 Å². The van der Waals surface area contributed by atoms with Crippen molar-refractivity contribution in [3.05, 3.63) is 59.9 Å². The van der Waals surface area contributed by atoms with Gasteiger partial charge in [-0.2, -0.15) is 4.57 Å². The van der Waals surface area contributed by atoms with Crippen molar-refractivity contribution < 1.29 is 4.57 Å². The van der Waals surface area contributed by atoms with E-state index in [1.54, 1.807) is 0 Å². The smallest absolute Gasteiger partial charge is 0.167 e. The molecule has 0 aliphatic rings. The first kappa shape index (κ1) is 12.8. The second kappa shape index (κ2) is 5.34. The number of para-hydroxylation sites is 1. The highest BCUT2D eigenvalue weighted by Gasteiger charge is 2.13. The third-order valence-electron chi connectivity index (χ3n) is 3.30. The molecule has 0 amide bonds. The Kier molecular flexibility index (Phi) is 3.81. The van der Waals surface area contributed by atoms with Crippen molar-refractivity contribution in [2.24, 2.45) is 0 Å². The minimum Gasteiger partial charge on any atom is -0.167 e. The molecule has 2 aromatic rings. The van der Waals surface area contributed by atoms with Crippen LogP contribution in [0.2, 0.25) is 0 Å². The zero-order valence-electron chi connectivity index (χ0n) is 11.7. The van der Waals surface area contributed by atoms with E-state index in [9.17, 15) is 0 Å². The number of hydrogen-bond acceptors (Lipinski definition) is 0. The Morgan fingerprint density at radius 2 is 1.28 bits per heavy atom. The lowest BCUT2D eigenvalue weighted by molar-refractivity contribution is -0.596. The van der Waals surface area contributed by atoms with Crippen LogP contribution in [0.4, 0.5) is 0 Å². The fourth-order valence-corrected chi connectivity index (χ4v) is 2.01. The third-order valence-corrected chi connectivity index (χ3v) is 3.30. The van der Waals surface area contributed by atoms with Crippen LogP contribution in [-0.4, -0.2) is 0 Å². The van der Waals surface area contributed by atoms with Gasteiger partial charge in [0.1, 0.15) is 0 Å². The number of nitrogens with zero attached hydrogens (tertiary/aromatic N) is 1. The molecule has 0 aliphatic heterocycles. The standard InChI is InChI=1S/C17H22N/c1-13(2)15-10-16(14(3)4)12-18(11-15)17-8-6-5-7-9-17/h5-14H,1-4H3/q+1. The summed E-state index contributed by atoms with van der Waals surface area (Å²) in [5.41, 5.74) is 4.01. The largest absolute Gasteiger partial charge is 0.210 e. The normalized spacial score (nSPS) is 11.2. The lowest BCUT2D eigenvalue weighted by atomic mass is 9.98. The van der Waals surface area contributed by atoms with Crippen LogP contribution in [-0.2, 0) is 0 Å². The van der Waals surface area contributed by atoms with Crippen LogP contribution < -0.4 is 4.57 Å². The van der Waals surface area contributed by atoms with Crippen molar-refractivity contribution in [2.75, 3.05) is 0 Å². The van der Waals surface area contributed by atoms with Gasteiger partial charge < -0.3 is 0 Å². The van der Waals surface area contributed by atoms with Gasteiger partial charge in [-0.25, -0.2) is 0 Å². The molecule has 0 spiro atoms. The van der Waals surface area contributed by atoms with E-state index in [0.717, 1.165) is 0 Å². The summed E-state index contributed by atoms with van der Waals surface area (Å²) in [5.74, 6) is 1.11. The highest BCUT2D eigenvalue weighted by molar-refractivity contribution is 5.25. The summed E-state index contributed by atoms with van der Waals surface area (Å²) in [4.78, 5) is 0. The lowest BCUT2D eigenvalue weighted by Crippen LogP contribution is -2.31. The highest BCUT2D eigenvalue weighted by atomic mass is 14.9. The minimum atomic E-state index is 0.554. The quantitative estimate of drug-likeness (QED) is 0.708. The van der Waals surface area contributed by atoms with Gasteiger partial charge in [0.25, 0.3) is 0 Å². The summed E-state index contributed by atoms with van der Waals surface area (Å²) < 4.78 is 2.24. The van der Waals surface area contributed by atoms with Crippen LogP contribution in [0.25, 0.3) is 5.69 Å². The summed E-state index contributed by atoms with van der Waals surface area (Å²) in [6.07, 6.45) is 4.48. The SMILES string of the molecule is CC(C)c1cc(C(C)C)c[n+](-c2ccccc2)c1. The predicted octanol–water partition coefficient (Wildman–Crippen LogP) is 4.21. The molecule has 0 N–H and O–H groups in total. The van der Waals surface area contributed by atoms with Gasteiger partial charge >= 0.3 is 0 Å². The first-order valence-corrected chi connectivity index (χ1v) is 6.69. The van der Waals surface area contributed by atoms with Crippen LogP contribution >= 0.6 is 0 Å². The summed E-state index contributed by atoms with van der Waals surface area (Å²) in [6, 6.07) is 12.8. The van der Waals surface area contributed by atoms with Gasteiger partial charge in [0, 0.05) is 23.3 Å². The molecule has 0 unspecified atom stereocenters. The Balaban J connectivity index is 2.54. The van der Waals surface area contributed by atoms with Crippen molar-refractivity contribution >= 4 is 0 Å². The van der Waals surface area contributed by atoms with Crippen LogP contribution in [0.5, 0.6) is 0 Å². The zero-order valence-corrected chi connectivity index (χ0v) is 11.7. The number of hydrogen-bond donors (Lipinski definition) is 0. The maximum atomic E-state index is 2.33. The van der Waals surface area contributed by atoms with Gasteiger partial charge in [-0.1, -0.05) is 45.9 Å². The zero-order chi connectivity index (χ0) is 13.1. The van der Waals surface area contributed by atoms with E-state index in [2.05, 4.69) is 81.1 Å². The molecule has 0 atom stereocenters. The first-order chi connectivity index (χ1) is 8.58. The molecular formula is C17H22N+. The average molecular weight is 240 g/mol. The van der Waals surface area contributed by atoms with E-state index in [1.807, 2.05) is 0 Å². The highest BCUT2D eigenvalue weighted by Crippen LogP contribution is 2.19. The topological polar surface area (TPSA) is 3.88 Å². The molecule has 1 heterocycles. The number of aromatic nitrogens is 1. The van der Waals surface area contributed by atoms with Crippen molar-refractivity contribution in [3.63, 3.8) is 0 Å². The summed E-state index contributed by atoms with van der Waals surface area (Å²) in [6.45, 7) is 8.98. The molecule has 0 saturated heterocycles. The molecule has 2 rings (SSSR count). The molecule has 1 aromatic carbocycles. The fraction of sp³-hybridized carbons (Fsp3) is 0.353. The molecule has 1 heteroatoms. The molecule has 18 heavy (non-hydrogen) atoms. The van der Waals surface area contributed by atoms with Gasteiger partial charge in [0.05, 0.1) is 0 Å². The molecular weight excluding hydrogens is 218 g/mol. The Morgan fingerprint density at radius 3 is 1.72 bits per heavy atom. The van der Waals surface area contributed by atoms with Crippen molar-refractivity contribution in [1.29, 1.82) is 0 Å². The lowest BCUT2D eigenvalue weighted by Gasteiger charge is -2.09. The van der Waals surface area contributed by atoms with E-state index >= 15 is 0 Å². The molecule has 1 aromatic heterocycles. The summed E-state index contributed by atoms with van der Waals surface area (Å²) in [5, 5.41) is 0. The second-order valence-electron chi connectivity index (χ2n) is 5.45. The Hall–Kier alpha value is -1.63. The summed E-state index contributed by atoms with van der Waals surface area (Å²) in [7, 11) is 0. The van der Waals surface area contributed by atoms with Crippen molar-refractivity contribution in [2.45, 2.75) is 39.5 Å². The van der Waals surface area contributed by atoms with Gasteiger partial charge in [-0.05, 0) is 17.9 Å². The van der Waals surface area contributed by atoms with Crippen LogP contribution in [0.3, 0.4) is 0 Å². The number of benzene rings is 1. The average Bonchev–Trinajstić information content (AvgIpc) is 2.39. The van der Waals surface area contributed by atoms with Gasteiger partial charge in [-0.15, -0.1) is 0 Å². The van der Waals surface area contributed by atoms with Gasteiger partial charge in [0.2, 0.25) is 5.69 Å². The minimum absolute atomic E-state index is 0.554. The second-order valence-corrected chi connectivity index (χ2v) is 5.45. The molecule has 94 valence electrons. The van der Waals surface area contributed by atoms with E-state index in [1.165, 1.54) is 16.8 Å². The van der Waals surface area contributed by atoms with Crippen molar-refractivity contribution in [3.8, 4) is 5.69 Å². The van der Waals surface area contributed by atoms with Crippen molar-refractivity contribution in [1.82, 2.24) is 0 Å². The number of rotatable bonds is 3. The molecule has 0 bridgehead atoms. The molecule has 0 aliphatic carbocycles. The predicted molar refractivity (Wildman–Crippen MR) is 76.2 cm³/mol. The van der Waals surface area contributed by atoms with E-state index < -0.39 is 0 Å². The van der Waals surface area contributed by atoms with Crippen LogP contribution in [0.15, 0.2) is 48.8 Å². The number of pyridine rings is 1. The monoisotopic (exact) mass is 240 g/mol. The van der Waals surface area contributed by atoms with Crippen LogP contribution in [0, 0.1) is 0 Å².